The Bertz CT molecular complexity index is 408. The lowest BCUT2D eigenvalue weighted by atomic mass is 10.0. The highest BCUT2D eigenvalue weighted by molar-refractivity contribution is 5.28. The van der Waals surface area contributed by atoms with Crippen molar-refractivity contribution >= 4 is 0 Å². The molecule has 1 saturated heterocycles. The Morgan fingerprint density at radius 3 is 3.05 bits per heavy atom. The lowest BCUT2D eigenvalue weighted by molar-refractivity contribution is 0.133. The van der Waals surface area contributed by atoms with E-state index in [1.165, 1.54) is 37.8 Å². The number of ether oxygens (including phenoxy) is 1. The van der Waals surface area contributed by atoms with Crippen LogP contribution >= 0.6 is 0 Å². The average Bonchev–Trinajstić information content (AvgIpc) is 2.50. The van der Waals surface area contributed by atoms with Crippen molar-refractivity contribution in [3.8, 4) is 5.75 Å². The highest BCUT2D eigenvalue weighted by Gasteiger charge is 2.17. The molecular weight excluding hydrogens is 260 g/mol. The number of piperidine rings is 1. The maximum absolute atomic E-state index is 5.93. The van der Waals surface area contributed by atoms with Gasteiger partial charge in [-0.3, -0.25) is 4.90 Å². The van der Waals surface area contributed by atoms with Gasteiger partial charge in [0.2, 0.25) is 0 Å². The van der Waals surface area contributed by atoms with Crippen molar-refractivity contribution in [1.29, 1.82) is 0 Å². The van der Waals surface area contributed by atoms with Crippen LogP contribution in [0.5, 0.6) is 5.75 Å². The maximum Gasteiger partial charge on any atom is 0.119 e. The predicted molar refractivity (Wildman–Crippen MR) is 88.8 cm³/mol. The molecule has 0 amide bonds. The van der Waals surface area contributed by atoms with Gasteiger partial charge in [-0.25, -0.2) is 0 Å². The van der Waals surface area contributed by atoms with E-state index in [4.69, 9.17) is 4.74 Å². The topological polar surface area (TPSA) is 24.5 Å². The zero-order valence-corrected chi connectivity index (χ0v) is 13.6. The first-order chi connectivity index (χ1) is 10.3. The van der Waals surface area contributed by atoms with Gasteiger partial charge in [0.1, 0.15) is 12.4 Å². The first-order valence-corrected chi connectivity index (χ1v) is 8.46. The molecule has 3 nitrogen and oxygen atoms in total. The van der Waals surface area contributed by atoms with Crippen molar-refractivity contribution in [2.45, 2.75) is 52.1 Å². The Hall–Kier alpha value is -1.06. The molecule has 0 bridgehead atoms. The lowest BCUT2D eigenvalue weighted by Gasteiger charge is -2.33. The molecule has 1 atom stereocenters. The van der Waals surface area contributed by atoms with Crippen LogP contribution in [0.15, 0.2) is 24.3 Å². The van der Waals surface area contributed by atoms with Gasteiger partial charge in [-0.1, -0.05) is 25.5 Å². The second kappa shape index (κ2) is 9.06. The summed E-state index contributed by atoms with van der Waals surface area (Å²) >= 11 is 0. The number of hydrogen-bond acceptors (Lipinski definition) is 3. The van der Waals surface area contributed by atoms with E-state index in [1.54, 1.807) is 0 Å². The molecule has 1 aliphatic heterocycles. The molecule has 1 N–H and O–H groups in total. The number of nitrogens with one attached hydrogen (secondary N) is 1. The van der Waals surface area contributed by atoms with Crippen LogP contribution < -0.4 is 10.1 Å². The van der Waals surface area contributed by atoms with Crippen molar-refractivity contribution in [3.63, 3.8) is 0 Å². The van der Waals surface area contributed by atoms with Crippen molar-refractivity contribution in [2.75, 3.05) is 26.2 Å². The Balaban J connectivity index is 1.73. The highest BCUT2D eigenvalue weighted by Crippen LogP contribution is 2.17. The SMILES string of the molecule is CCCNCc1cccc(OCCN2CCCCC2C)c1. The normalized spacial score (nSPS) is 19.6. The van der Waals surface area contributed by atoms with E-state index in [2.05, 4.69) is 48.3 Å². The van der Waals surface area contributed by atoms with Crippen LogP contribution in [0.3, 0.4) is 0 Å². The van der Waals surface area contributed by atoms with E-state index >= 15 is 0 Å². The molecular formula is C18H30N2O. The van der Waals surface area contributed by atoms with Crippen LogP contribution in [0.1, 0.15) is 45.1 Å². The van der Waals surface area contributed by atoms with Crippen molar-refractivity contribution in [1.82, 2.24) is 10.2 Å². The monoisotopic (exact) mass is 290 g/mol. The minimum atomic E-state index is 0.715. The third-order valence-electron chi connectivity index (χ3n) is 4.24. The van der Waals surface area contributed by atoms with E-state index in [0.29, 0.717) is 6.04 Å². The minimum absolute atomic E-state index is 0.715. The summed E-state index contributed by atoms with van der Waals surface area (Å²) in [7, 11) is 0. The molecule has 0 radical (unpaired) electrons. The summed E-state index contributed by atoms with van der Waals surface area (Å²) in [5.41, 5.74) is 1.30. The quantitative estimate of drug-likeness (QED) is 0.742. The van der Waals surface area contributed by atoms with Gasteiger partial charge in [-0.05, 0) is 57.0 Å². The molecule has 1 heterocycles. The van der Waals surface area contributed by atoms with E-state index in [0.717, 1.165) is 32.0 Å². The summed E-state index contributed by atoms with van der Waals surface area (Å²) in [4.78, 5) is 2.55. The standard InChI is InChI=1S/C18H30N2O/c1-3-10-19-15-17-8-6-9-18(14-17)21-13-12-20-11-5-4-7-16(20)2/h6,8-9,14,16,19H,3-5,7,10-13,15H2,1-2H3. The molecule has 1 aromatic rings. The van der Waals surface area contributed by atoms with Gasteiger partial charge >= 0.3 is 0 Å². The van der Waals surface area contributed by atoms with E-state index in [1.807, 2.05) is 0 Å². The molecule has 1 aromatic carbocycles. The summed E-state index contributed by atoms with van der Waals surface area (Å²) in [5, 5.41) is 3.43. The molecule has 1 aliphatic rings. The van der Waals surface area contributed by atoms with Crippen LogP contribution in [-0.2, 0) is 6.54 Å². The summed E-state index contributed by atoms with van der Waals surface area (Å²) in [6.07, 6.45) is 5.22. The van der Waals surface area contributed by atoms with Crippen LogP contribution in [0.25, 0.3) is 0 Å². The molecule has 0 saturated carbocycles. The van der Waals surface area contributed by atoms with Gasteiger partial charge in [0.25, 0.3) is 0 Å². The van der Waals surface area contributed by atoms with Gasteiger partial charge in [0.15, 0.2) is 0 Å². The van der Waals surface area contributed by atoms with Crippen molar-refractivity contribution in [2.24, 2.45) is 0 Å². The van der Waals surface area contributed by atoms with Crippen LogP contribution in [-0.4, -0.2) is 37.2 Å². The Labute approximate surface area is 129 Å². The number of rotatable bonds is 8. The second-order valence-corrected chi connectivity index (χ2v) is 6.05. The lowest BCUT2D eigenvalue weighted by Crippen LogP contribution is -2.39. The van der Waals surface area contributed by atoms with Gasteiger partial charge in [-0.15, -0.1) is 0 Å². The van der Waals surface area contributed by atoms with Crippen LogP contribution in [0.4, 0.5) is 0 Å². The highest BCUT2D eigenvalue weighted by atomic mass is 16.5. The summed E-state index contributed by atoms with van der Waals surface area (Å²) < 4.78 is 5.93. The summed E-state index contributed by atoms with van der Waals surface area (Å²) in [6, 6.07) is 9.17. The first-order valence-electron chi connectivity index (χ1n) is 8.46. The molecule has 0 aromatic heterocycles. The van der Waals surface area contributed by atoms with Crippen LogP contribution in [0.2, 0.25) is 0 Å². The maximum atomic E-state index is 5.93. The van der Waals surface area contributed by atoms with E-state index in [9.17, 15) is 0 Å². The van der Waals surface area contributed by atoms with Gasteiger partial charge in [0, 0.05) is 19.1 Å². The molecule has 1 unspecified atom stereocenters. The number of likely N-dealkylation sites (tertiary alicyclic amines) is 1. The molecule has 1 fully saturated rings. The van der Waals surface area contributed by atoms with Crippen LogP contribution in [0, 0.1) is 0 Å². The van der Waals surface area contributed by atoms with Crippen molar-refractivity contribution < 1.29 is 4.74 Å². The van der Waals surface area contributed by atoms with E-state index in [-0.39, 0.29) is 0 Å². The first kappa shape index (κ1) is 16.3. The minimum Gasteiger partial charge on any atom is -0.492 e. The number of hydrogen-bond donors (Lipinski definition) is 1. The largest absolute Gasteiger partial charge is 0.492 e. The Morgan fingerprint density at radius 2 is 2.24 bits per heavy atom. The molecule has 2 rings (SSSR count). The Kier molecular flexibility index (Phi) is 7.04. The van der Waals surface area contributed by atoms with Gasteiger partial charge in [-0.2, -0.15) is 0 Å². The predicted octanol–water partition coefficient (Wildman–Crippen LogP) is 3.44. The molecule has 3 heteroatoms. The molecule has 21 heavy (non-hydrogen) atoms. The zero-order valence-electron chi connectivity index (χ0n) is 13.6. The molecule has 0 spiro atoms. The van der Waals surface area contributed by atoms with Crippen molar-refractivity contribution in [3.05, 3.63) is 29.8 Å². The summed E-state index contributed by atoms with van der Waals surface area (Å²) in [6.45, 7) is 9.57. The fourth-order valence-corrected chi connectivity index (χ4v) is 2.93. The number of nitrogens with zero attached hydrogens (tertiary/aromatic N) is 1. The third kappa shape index (κ3) is 5.68. The van der Waals surface area contributed by atoms with Gasteiger partial charge in [0.05, 0.1) is 0 Å². The third-order valence-corrected chi connectivity index (χ3v) is 4.24. The number of benzene rings is 1. The molecule has 0 aliphatic carbocycles. The smallest absolute Gasteiger partial charge is 0.119 e. The fraction of sp³-hybridized carbons (Fsp3) is 0.667. The van der Waals surface area contributed by atoms with E-state index < -0.39 is 0 Å². The second-order valence-electron chi connectivity index (χ2n) is 6.05. The van der Waals surface area contributed by atoms with Gasteiger partial charge < -0.3 is 10.1 Å². The summed E-state index contributed by atoms with van der Waals surface area (Å²) in [5.74, 6) is 0.996. The fourth-order valence-electron chi connectivity index (χ4n) is 2.93. The molecule has 118 valence electrons. The Morgan fingerprint density at radius 1 is 1.33 bits per heavy atom. The zero-order chi connectivity index (χ0) is 14.9. The average molecular weight is 290 g/mol.